The number of benzene rings is 1. The molecule has 1 saturated heterocycles. The standard InChI is InChI=1S/C22H28N2/c1-15-6-11-22(17(3)23-15)19-9-7-18(8-10-19)20-13-21(14-20)24-12-4-5-16(24)2/h6-11,16,20-21H,4-5,12-14H2,1-3H3/t16-,20-,21-/m1/s1. The molecule has 0 unspecified atom stereocenters. The summed E-state index contributed by atoms with van der Waals surface area (Å²) in [5, 5.41) is 0. The number of pyridine rings is 1. The lowest BCUT2D eigenvalue weighted by Gasteiger charge is -2.43. The van der Waals surface area contributed by atoms with Crippen LogP contribution >= 0.6 is 0 Å². The summed E-state index contributed by atoms with van der Waals surface area (Å²) in [5.41, 5.74) is 6.26. The van der Waals surface area contributed by atoms with Gasteiger partial charge in [0.15, 0.2) is 0 Å². The number of aryl methyl sites for hydroxylation is 2. The molecule has 1 atom stereocenters. The Morgan fingerprint density at radius 3 is 2.38 bits per heavy atom. The summed E-state index contributed by atoms with van der Waals surface area (Å²) in [4.78, 5) is 7.33. The third-order valence-electron chi connectivity index (χ3n) is 6.10. The van der Waals surface area contributed by atoms with Gasteiger partial charge in [0.05, 0.1) is 0 Å². The van der Waals surface area contributed by atoms with E-state index < -0.39 is 0 Å². The van der Waals surface area contributed by atoms with E-state index in [0.717, 1.165) is 29.4 Å². The number of nitrogens with zero attached hydrogens (tertiary/aromatic N) is 2. The molecule has 2 aliphatic rings. The Labute approximate surface area is 145 Å². The summed E-state index contributed by atoms with van der Waals surface area (Å²) in [5.74, 6) is 0.758. The van der Waals surface area contributed by atoms with Gasteiger partial charge in [-0.2, -0.15) is 0 Å². The highest BCUT2D eigenvalue weighted by Gasteiger charge is 2.37. The van der Waals surface area contributed by atoms with E-state index in [-0.39, 0.29) is 0 Å². The second-order valence-electron chi connectivity index (χ2n) is 7.76. The van der Waals surface area contributed by atoms with Crippen molar-refractivity contribution in [2.24, 2.45) is 0 Å². The van der Waals surface area contributed by atoms with E-state index in [4.69, 9.17) is 0 Å². The van der Waals surface area contributed by atoms with Crippen LogP contribution in [0.3, 0.4) is 0 Å². The van der Waals surface area contributed by atoms with Crippen LogP contribution in [0.15, 0.2) is 36.4 Å². The molecule has 1 aliphatic carbocycles. The largest absolute Gasteiger partial charge is 0.298 e. The Bertz CT molecular complexity index is 713. The molecule has 2 aromatic rings. The molecule has 1 saturated carbocycles. The monoisotopic (exact) mass is 320 g/mol. The first kappa shape index (κ1) is 15.8. The Balaban J connectivity index is 1.43. The lowest BCUT2D eigenvalue weighted by molar-refractivity contribution is 0.103. The van der Waals surface area contributed by atoms with E-state index in [0.29, 0.717) is 0 Å². The maximum absolute atomic E-state index is 4.59. The van der Waals surface area contributed by atoms with Crippen LogP contribution in [0.5, 0.6) is 0 Å². The summed E-state index contributed by atoms with van der Waals surface area (Å²) >= 11 is 0. The Morgan fingerprint density at radius 2 is 1.75 bits per heavy atom. The Hall–Kier alpha value is -1.67. The first-order valence-corrected chi connectivity index (χ1v) is 9.42. The lowest BCUT2D eigenvalue weighted by atomic mass is 9.74. The minimum absolute atomic E-state index is 0.758. The molecule has 1 aliphatic heterocycles. The van der Waals surface area contributed by atoms with Crippen molar-refractivity contribution in [3.05, 3.63) is 53.3 Å². The van der Waals surface area contributed by atoms with Crippen molar-refractivity contribution in [1.82, 2.24) is 9.88 Å². The van der Waals surface area contributed by atoms with Crippen LogP contribution in [-0.4, -0.2) is 28.5 Å². The van der Waals surface area contributed by atoms with E-state index >= 15 is 0 Å². The van der Waals surface area contributed by atoms with Gasteiger partial charge in [-0.3, -0.25) is 9.88 Å². The summed E-state index contributed by atoms with van der Waals surface area (Å²) in [6.07, 6.45) is 5.46. The maximum Gasteiger partial charge on any atom is 0.0454 e. The SMILES string of the molecule is Cc1ccc(-c2ccc([C@H]3C[C@H](N4CCC[C@H]4C)C3)cc2)c(C)n1. The zero-order chi connectivity index (χ0) is 16.7. The van der Waals surface area contributed by atoms with Gasteiger partial charge in [0.2, 0.25) is 0 Å². The van der Waals surface area contributed by atoms with Crippen molar-refractivity contribution in [2.45, 2.75) is 64.5 Å². The molecule has 1 aromatic heterocycles. The summed E-state index contributed by atoms with van der Waals surface area (Å²) in [6.45, 7) is 7.86. The molecule has 0 spiro atoms. The van der Waals surface area contributed by atoms with Gasteiger partial charge in [-0.1, -0.05) is 30.3 Å². The molecular formula is C22H28N2. The van der Waals surface area contributed by atoms with Crippen molar-refractivity contribution in [2.75, 3.05) is 6.54 Å². The normalized spacial score (nSPS) is 27.2. The summed E-state index contributed by atoms with van der Waals surface area (Å²) < 4.78 is 0. The number of hydrogen-bond acceptors (Lipinski definition) is 2. The fourth-order valence-electron chi connectivity index (χ4n) is 4.56. The van der Waals surface area contributed by atoms with Gasteiger partial charge >= 0.3 is 0 Å². The first-order chi connectivity index (χ1) is 11.6. The fourth-order valence-corrected chi connectivity index (χ4v) is 4.56. The first-order valence-electron chi connectivity index (χ1n) is 9.42. The molecule has 2 heteroatoms. The second-order valence-corrected chi connectivity index (χ2v) is 7.76. The number of aromatic nitrogens is 1. The van der Waals surface area contributed by atoms with Crippen molar-refractivity contribution in [3.8, 4) is 11.1 Å². The highest BCUT2D eigenvalue weighted by molar-refractivity contribution is 5.66. The maximum atomic E-state index is 4.59. The van der Waals surface area contributed by atoms with E-state index in [1.165, 1.54) is 48.9 Å². The van der Waals surface area contributed by atoms with Gasteiger partial charge in [0, 0.05) is 29.0 Å². The number of hydrogen-bond donors (Lipinski definition) is 0. The molecule has 126 valence electrons. The Morgan fingerprint density at radius 1 is 1.00 bits per heavy atom. The second kappa shape index (κ2) is 6.33. The van der Waals surface area contributed by atoms with Crippen molar-refractivity contribution in [3.63, 3.8) is 0 Å². The predicted octanol–water partition coefficient (Wildman–Crippen LogP) is 5.10. The minimum Gasteiger partial charge on any atom is -0.298 e. The van der Waals surface area contributed by atoms with Gasteiger partial charge in [-0.25, -0.2) is 0 Å². The molecule has 0 N–H and O–H groups in total. The molecule has 0 amide bonds. The number of likely N-dealkylation sites (tertiary alicyclic amines) is 1. The van der Waals surface area contributed by atoms with Crippen LogP contribution in [0.25, 0.3) is 11.1 Å². The van der Waals surface area contributed by atoms with Gasteiger partial charge in [-0.05, 0) is 76.1 Å². The molecular weight excluding hydrogens is 292 g/mol. The minimum atomic E-state index is 0.758. The van der Waals surface area contributed by atoms with Crippen LogP contribution < -0.4 is 0 Å². The molecule has 2 heterocycles. The molecule has 4 rings (SSSR count). The summed E-state index contributed by atoms with van der Waals surface area (Å²) in [6, 6.07) is 15.2. The molecule has 24 heavy (non-hydrogen) atoms. The van der Waals surface area contributed by atoms with Gasteiger partial charge in [-0.15, -0.1) is 0 Å². The van der Waals surface area contributed by atoms with Gasteiger partial charge in [0.1, 0.15) is 0 Å². The van der Waals surface area contributed by atoms with Gasteiger partial charge < -0.3 is 0 Å². The average molecular weight is 320 g/mol. The van der Waals surface area contributed by atoms with E-state index in [9.17, 15) is 0 Å². The van der Waals surface area contributed by atoms with Crippen LogP contribution in [0.4, 0.5) is 0 Å². The van der Waals surface area contributed by atoms with Crippen LogP contribution in [-0.2, 0) is 0 Å². The van der Waals surface area contributed by atoms with Crippen molar-refractivity contribution in [1.29, 1.82) is 0 Å². The topological polar surface area (TPSA) is 16.1 Å². The third-order valence-corrected chi connectivity index (χ3v) is 6.10. The lowest BCUT2D eigenvalue weighted by Crippen LogP contribution is -2.45. The number of rotatable bonds is 3. The van der Waals surface area contributed by atoms with E-state index in [2.05, 4.69) is 60.1 Å². The highest BCUT2D eigenvalue weighted by Crippen LogP contribution is 2.42. The zero-order valence-corrected chi connectivity index (χ0v) is 15.1. The molecule has 2 fully saturated rings. The van der Waals surface area contributed by atoms with Crippen LogP contribution in [0, 0.1) is 13.8 Å². The molecule has 2 nitrogen and oxygen atoms in total. The van der Waals surface area contributed by atoms with Crippen LogP contribution in [0.1, 0.15) is 55.5 Å². The smallest absolute Gasteiger partial charge is 0.0454 e. The predicted molar refractivity (Wildman–Crippen MR) is 100 cm³/mol. The quantitative estimate of drug-likeness (QED) is 0.782. The third kappa shape index (κ3) is 2.88. The fraction of sp³-hybridized carbons (Fsp3) is 0.500. The highest BCUT2D eigenvalue weighted by atomic mass is 15.2. The van der Waals surface area contributed by atoms with Gasteiger partial charge in [0.25, 0.3) is 0 Å². The van der Waals surface area contributed by atoms with E-state index in [1.807, 2.05) is 6.92 Å². The Kier molecular flexibility index (Phi) is 4.17. The summed E-state index contributed by atoms with van der Waals surface area (Å²) in [7, 11) is 0. The van der Waals surface area contributed by atoms with Crippen molar-refractivity contribution < 1.29 is 0 Å². The molecule has 1 aromatic carbocycles. The van der Waals surface area contributed by atoms with Crippen molar-refractivity contribution >= 4 is 0 Å². The van der Waals surface area contributed by atoms with Crippen LogP contribution in [0.2, 0.25) is 0 Å². The zero-order valence-electron chi connectivity index (χ0n) is 15.1. The van der Waals surface area contributed by atoms with E-state index in [1.54, 1.807) is 0 Å². The molecule has 0 radical (unpaired) electrons. The molecule has 0 bridgehead atoms. The average Bonchev–Trinajstić information content (AvgIpc) is 2.93.